The first kappa shape index (κ1) is 18.2. The van der Waals surface area contributed by atoms with Crippen molar-refractivity contribution in [1.82, 2.24) is 4.90 Å². The zero-order chi connectivity index (χ0) is 18.9. The van der Waals surface area contributed by atoms with Crippen molar-refractivity contribution in [2.24, 2.45) is 5.41 Å². The fraction of sp³-hybridized carbons (Fsp3) is 0.364. The van der Waals surface area contributed by atoms with E-state index in [9.17, 15) is 9.59 Å². The quantitative estimate of drug-likeness (QED) is 0.855. The highest BCUT2D eigenvalue weighted by molar-refractivity contribution is 6.10. The molecule has 136 valence electrons. The zero-order valence-electron chi connectivity index (χ0n) is 15.9. The Balaban J connectivity index is 1.77. The van der Waals surface area contributed by atoms with Gasteiger partial charge in [-0.2, -0.15) is 0 Å². The number of amides is 2. The van der Waals surface area contributed by atoms with E-state index in [1.54, 1.807) is 18.7 Å². The molecule has 1 heterocycles. The summed E-state index contributed by atoms with van der Waals surface area (Å²) in [6, 6.07) is 14.1. The minimum absolute atomic E-state index is 0.129. The highest BCUT2D eigenvalue weighted by Gasteiger charge is 2.40. The highest BCUT2D eigenvalue weighted by atomic mass is 16.2. The van der Waals surface area contributed by atoms with Gasteiger partial charge in [0.15, 0.2) is 0 Å². The largest absolute Gasteiger partial charge is 0.337 e. The predicted molar refractivity (Wildman–Crippen MR) is 104 cm³/mol. The standard InChI is InChI=1S/C22H26N2O2/c1-15-8-7-9-16(2)19(15)23-20(25)22(3,4)21(26)24-13-12-17-10-5-6-11-18(17)14-24/h5-11H,12-14H2,1-4H3,(H,23,25). The molecule has 1 N–H and O–H groups in total. The van der Waals surface area contributed by atoms with Gasteiger partial charge in [-0.3, -0.25) is 9.59 Å². The van der Waals surface area contributed by atoms with Gasteiger partial charge in [0.05, 0.1) is 0 Å². The van der Waals surface area contributed by atoms with E-state index in [4.69, 9.17) is 0 Å². The number of nitrogens with zero attached hydrogens (tertiary/aromatic N) is 1. The van der Waals surface area contributed by atoms with E-state index in [-0.39, 0.29) is 11.8 Å². The molecule has 0 fully saturated rings. The molecule has 1 aliphatic rings. The molecule has 2 aromatic carbocycles. The van der Waals surface area contributed by atoms with Crippen LogP contribution in [0.5, 0.6) is 0 Å². The van der Waals surface area contributed by atoms with Crippen LogP contribution in [-0.2, 0) is 22.6 Å². The number of hydrogen-bond acceptors (Lipinski definition) is 2. The Morgan fingerprint density at radius 1 is 0.962 bits per heavy atom. The van der Waals surface area contributed by atoms with Gasteiger partial charge in [-0.1, -0.05) is 42.5 Å². The van der Waals surface area contributed by atoms with E-state index < -0.39 is 5.41 Å². The van der Waals surface area contributed by atoms with E-state index in [1.165, 1.54) is 5.56 Å². The number of rotatable bonds is 3. The lowest BCUT2D eigenvalue weighted by atomic mass is 9.88. The van der Waals surface area contributed by atoms with Gasteiger partial charge >= 0.3 is 0 Å². The second-order valence-corrected chi connectivity index (χ2v) is 7.59. The van der Waals surface area contributed by atoms with E-state index in [0.29, 0.717) is 13.1 Å². The lowest BCUT2D eigenvalue weighted by molar-refractivity contribution is -0.147. The van der Waals surface area contributed by atoms with Crippen LogP contribution in [0.15, 0.2) is 42.5 Å². The van der Waals surface area contributed by atoms with Crippen LogP contribution in [0.3, 0.4) is 0 Å². The normalized spacial score (nSPS) is 13.9. The van der Waals surface area contributed by atoms with Crippen LogP contribution < -0.4 is 5.32 Å². The van der Waals surface area contributed by atoms with E-state index in [2.05, 4.69) is 17.4 Å². The number of anilines is 1. The lowest BCUT2D eigenvalue weighted by Crippen LogP contribution is -2.48. The summed E-state index contributed by atoms with van der Waals surface area (Å²) in [6.45, 7) is 8.54. The molecular weight excluding hydrogens is 324 g/mol. The van der Waals surface area contributed by atoms with Crippen LogP contribution in [0.4, 0.5) is 5.69 Å². The average molecular weight is 350 g/mol. The molecule has 0 aromatic heterocycles. The molecule has 1 aliphatic heterocycles. The Bertz CT molecular complexity index is 835. The summed E-state index contributed by atoms with van der Waals surface area (Å²) in [4.78, 5) is 27.8. The van der Waals surface area contributed by atoms with Crippen molar-refractivity contribution in [3.05, 3.63) is 64.7 Å². The molecule has 3 rings (SSSR count). The lowest BCUT2D eigenvalue weighted by Gasteiger charge is -2.34. The second-order valence-electron chi connectivity index (χ2n) is 7.59. The third-order valence-corrected chi connectivity index (χ3v) is 5.24. The topological polar surface area (TPSA) is 49.4 Å². The van der Waals surface area contributed by atoms with E-state index in [1.807, 2.05) is 44.2 Å². The molecule has 2 aromatic rings. The fourth-order valence-corrected chi connectivity index (χ4v) is 3.44. The van der Waals surface area contributed by atoms with Gasteiger partial charge < -0.3 is 10.2 Å². The third kappa shape index (κ3) is 3.36. The maximum atomic E-state index is 13.1. The van der Waals surface area contributed by atoms with Crippen LogP contribution in [0, 0.1) is 19.3 Å². The molecule has 0 radical (unpaired) electrons. The Morgan fingerprint density at radius 3 is 2.23 bits per heavy atom. The number of hydrogen-bond donors (Lipinski definition) is 1. The Kier molecular flexibility index (Phi) is 4.86. The molecule has 26 heavy (non-hydrogen) atoms. The van der Waals surface area contributed by atoms with Gasteiger partial charge in [-0.05, 0) is 56.4 Å². The van der Waals surface area contributed by atoms with Crippen molar-refractivity contribution in [2.45, 2.75) is 40.7 Å². The minimum atomic E-state index is -1.12. The van der Waals surface area contributed by atoms with Crippen LogP contribution in [0.1, 0.15) is 36.1 Å². The Labute approximate surface area is 155 Å². The van der Waals surface area contributed by atoms with Crippen LogP contribution in [0.2, 0.25) is 0 Å². The number of benzene rings is 2. The van der Waals surface area contributed by atoms with Gasteiger partial charge in [0.2, 0.25) is 11.8 Å². The van der Waals surface area contributed by atoms with Gasteiger partial charge in [0.25, 0.3) is 0 Å². The molecule has 0 bridgehead atoms. The van der Waals surface area contributed by atoms with Gasteiger partial charge in [0, 0.05) is 18.8 Å². The molecule has 0 unspecified atom stereocenters. The first-order valence-electron chi connectivity index (χ1n) is 9.04. The molecule has 0 saturated heterocycles. The fourth-order valence-electron chi connectivity index (χ4n) is 3.44. The van der Waals surface area contributed by atoms with Gasteiger partial charge in [-0.15, -0.1) is 0 Å². The molecule has 0 atom stereocenters. The first-order valence-corrected chi connectivity index (χ1v) is 9.04. The van der Waals surface area contributed by atoms with Crippen molar-refractivity contribution < 1.29 is 9.59 Å². The third-order valence-electron chi connectivity index (χ3n) is 5.24. The van der Waals surface area contributed by atoms with Crippen molar-refractivity contribution >= 4 is 17.5 Å². The zero-order valence-corrected chi connectivity index (χ0v) is 15.9. The maximum Gasteiger partial charge on any atom is 0.239 e. The Morgan fingerprint density at radius 2 is 1.58 bits per heavy atom. The minimum Gasteiger partial charge on any atom is -0.337 e. The SMILES string of the molecule is Cc1cccc(C)c1NC(=O)C(C)(C)C(=O)N1CCc2ccccc2C1. The average Bonchev–Trinajstić information content (AvgIpc) is 2.63. The first-order chi connectivity index (χ1) is 12.3. The molecule has 4 heteroatoms. The summed E-state index contributed by atoms with van der Waals surface area (Å²) in [5, 5.41) is 2.97. The molecule has 2 amide bonds. The summed E-state index contributed by atoms with van der Waals surface area (Å²) in [5.41, 5.74) is 4.11. The van der Waals surface area contributed by atoms with E-state index in [0.717, 1.165) is 28.8 Å². The van der Waals surface area contributed by atoms with Crippen molar-refractivity contribution in [3.8, 4) is 0 Å². The molecular formula is C22H26N2O2. The predicted octanol–water partition coefficient (Wildman–Crippen LogP) is 3.85. The molecule has 0 saturated carbocycles. The number of fused-ring (bicyclic) bond motifs is 1. The maximum absolute atomic E-state index is 13.1. The Hall–Kier alpha value is -2.62. The summed E-state index contributed by atoms with van der Waals surface area (Å²) < 4.78 is 0. The second kappa shape index (κ2) is 6.94. The summed E-state index contributed by atoms with van der Waals surface area (Å²) in [7, 11) is 0. The smallest absolute Gasteiger partial charge is 0.239 e. The monoisotopic (exact) mass is 350 g/mol. The number of carbonyl (C=O) groups is 2. The number of nitrogens with one attached hydrogen (secondary N) is 1. The van der Waals surface area contributed by atoms with E-state index >= 15 is 0 Å². The summed E-state index contributed by atoms with van der Waals surface area (Å²) in [5.74, 6) is -0.394. The van der Waals surface area contributed by atoms with Crippen LogP contribution >= 0.6 is 0 Å². The summed E-state index contributed by atoms with van der Waals surface area (Å²) in [6.07, 6.45) is 0.830. The number of carbonyl (C=O) groups excluding carboxylic acids is 2. The molecule has 0 aliphatic carbocycles. The molecule has 4 nitrogen and oxygen atoms in total. The summed E-state index contributed by atoms with van der Waals surface area (Å²) >= 11 is 0. The number of aryl methyl sites for hydroxylation is 2. The van der Waals surface area contributed by atoms with Gasteiger partial charge in [-0.25, -0.2) is 0 Å². The van der Waals surface area contributed by atoms with Crippen molar-refractivity contribution in [3.63, 3.8) is 0 Å². The van der Waals surface area contributed by atoms with Crippen molar-refractivity contribution in [2.75, 3.05) is 11.9 Å². The van der Waals surface area contributed by atoms with Gasteiger partial charge in [0.1, 0.15) is 5.41 Å². The van der Waals surface area contributed by atoms with Crippen LogP contribution in [0.25, 0.3) is 0 Å². The molecule has 0 spiro atoms. The number of para-hydroxylation sites is 1. The van der Waals surface area contributed by atoms with Crippen molar-refractivity contribution in [1.29, 1.82) is 0 Å². The van der Waals surface area contributed by atoms with Crippen LogP contribution in [-0.4, -0.2) is 23.3 Å². The highest BCUT2D eigenvalue weighted by Crippen LogP contribution is 2.28.